The van der Waals surface area contributed by atoms with E-state index in [1.165, 1.54) is 0 Å². The topological polar surface area (TPSA) is 51.0 Å². The summed E-state index contributed by atoms with van der Waals surface area (Å²) in [4.78, 5) is 9.07. The van der Waals surface area contributed by atoms with E-state index in [1.807, 2.05) is 19.1 Å². The van der Waals surface area contributed by atoms with Crippen LogP contribution in [0, 0.1) is 10.5 Å². The molecule has 0 bridgehead atoms. The van der Waals surface area contributed by atoms with Crippen molar-refractivity contribution in [3.8, 4) is 11.6 Å². The fourth-order valence-corrected chi connectivity index (χ4v) is 2.15. The lowest BCUT2D eigenvalue weighted by Crippen LogP contribution is -2.07. The molecule has 19 heavy (non-hydrogen) atoms. The molecule has 0 saturated heterocycles. The van der Waals surface area contributed by atoms with E-state index in [9.17, 15) is 0 Å². The van der Waals surface area contributed by atoms with Crippen molar-refractivity contribution in [1.29, 1.82) is 0 Å². The van der Waals surface area contributed by atoms with Crippen LogP contribution in [0.25, 0.3) is 11.6 Å². The molecule has 0 amide bonds. The van der Waals surface area contributed by atoms with Gasteiger partial charge in [-0.2, -0.15) is 0 Å². The number of hydrogen-bond acceptors (Lipinski definition) is 4. The van der Waals surface area contributed by atoms with Crippen LogP contribution in [-0.4, -0.2) is 16.5 Å². The second kappa shape index (κ2) is 6.36. The molecule has 5 heteroatoms. The normalized spacial score (nSPS) is 10.7. The molecule has 2 rings (SSSR count). The van der Waals surface area contributed by atoms with Crippen molar-refractivity contribution in [2.45, 2.75) is 33.6 Å². The van der Waals surface area contributed by atoms with E-state index in [0.717, 1.165) is 46.0 Å². The summed E-state index contributed by atoms with van der Waals surface area (Å²) in [5.74, 6) is 3.23. The van der Waals surface area contributed by atoms with Crippen molar-refractivity contribution in [2.24, 2.45) is 0 Å². The average Bonchev–Trinajstić information content (AvgIpc) is 2.89. The van der Waals surface area contributed by atoms with Crippen molar-refractivity contribution in [3.63, 3.8) is 0 Å². The Balaban J connectivity index is 2.37. The highest BCUT2D eigenvalue weighted by molar-refractivity contribution is 14.1. The van der Waals surface area contributed by atoms with Crippen molar-refractivity contribution in [3.05, 3.63) is 27.2 Å². The highest BCUT2D eigenvalue weighted by Gasteiger charge is 2.13. The molecule has 0 aromatic carbocycles. The van der Waals surface area contributed by atoms with Gasteiger partial charge in [0.25, 0.3) is 0 Å². The number of rotatable bonds is 5. The van der Waals surface area contributed by atoms with Gasteiger partial charge in [0.2, 0.25) is 0 Å². The van der Waals surface area contributed by atoms with Crippen LogP contribution in [0.2, 0.25) is 0 Å². The Hall–Kier alpha value is -1.11. The van der Waals surface area contributed by atoms with Crippen LogP contribution < -0.4 is 5.32 Å². The van der Waals surface area contributed by atoms with Crippen molar-refractivity contribution in [2.75, 3.05) is 11.9 Å². The van der Waals surface area contributed by atoms with Gasteiger partial charge in [-0.15, -0.1) is 0 Å². The Kier molecular flexibility index (Phi) is 4.79. The molecule has 2 heterocycles. The van der Waals surface area contributed by atoms with Gasteiger partial charge >= 0.3 is 0 Å². The molecule has 0 aliphatic carbocycles. The Bertz CT molecular complexity index is 566. The predicted molar refractivity (Wildman–Crippen MR) is 85.3 cm³/mol. The fourth-order valence-electron chi connectivity index (χ4n) is 1.72. The summed E-state index contributed by atoms with van der Waals surface area (Å²) in [7, 11) is 0. The van der Waals surface area contributed by atoms with Gasteiger partial charge in [-0.25, -0.2) is 9.97 Å². The number of nitrogens with zero attached hydrogens (tertiary/aromatic N) is 2. The largest absolute Gasteiger partial charge is 0.458 e. The van der Waals surface area contributed by atoms with Crippen molar-refractivity contribution < 1.29 is 4.42 Å². The average molecular weight is 371 g/mol. The Morgan fingerprint density at radius 1 is 1.26 bits per heavy atom. The number of furan rings is 1. The van der Waals surface area contributed by atoms with Gasteiger partial charge in [0.05, 0.1) is 9.26 Å². The van der Waals surface area contributed by atoms with Gasteiger partial charge in [-0.05, 0) is 48.1 Å². The first-order valence-corrected chi connectivity index (χ1v) is 7.60. The lowest BCUT2D eigenvalue weighted by molar-refractivity contribution is 0.525. The summed E-state index contributed by atoms with van der Waals surface area (Å²) in [5.41, 5.74) is 0.971. The summed E-state index contributed by atoms with van der Waals surface area (Å²) < 4.78 is 6.78. The fraction of sp³-hybridized carbons (Fsp3) is 0.429. The molecule has 0 aliphatic heterocycles. The van der Waals surface area contributed by atoms with E-state index in [-0.39, 0.29) is 0 Å². The molecule has 2 aromatic heterocycles. The van der Waals surface area contributed by atoms with E-state index < -0.39 is 0 Å². The number of anilines is 1. The highest BCUT2D eigenvalue weighted by Crippen LogP contribution is 2.25. The Morgan fingerprint density at radius 2 is 2.05 bits per heavy atom. The van der Waals surface area contributed by atoms with E-state index in [0.29, 0.717) is 5.82 Å². The maximum atomic E-state index is 5.72. The van der Waals surface area contributed by atoms with Crippen LogP contribution in [0.4, 0.5) is 5.82 Å². The highest BCUT2D eigenvalue weighted by atomic mass is 127. The zero-order valence-corrected chi connectivity index (χ0v) is 13.6. The van der Waals surface area contributed by atoms with Crippen LogP contribution in [0.15, 0.2) is 16.5 Å². The lowest BCUT2D eigenvalue weighted by atomic mass is 10.3. The first-order valence-electron chi connectivity index (χ1n) is 6.52. The van der Waals surface area contributed by atoms with Crippen LogP contribution in [0.1, 0.15) is 31.7 Å². The molecule has 2 aromatic rings. The Labute approximate surface area is 127 Å². The predicted octanol–water partition coefficient (Wildman–Crippen LogP) is 4.03. The zero-order valence-electron chi connectivity index (χ0n) is 11.5. The minimum atomic E-state index is 0.649. The van der Waals surface area contributed by atoms with Gasteiger partial charge < -0.3 is 9.73 Å². The smallest absolute Gasteiger partial charge is 0.197 e. The van der Waals surface area contributed by atoms with Gasteiger partial charge in [-0.3, -0.25) is 0 Å². The number of hydrogen-bond donors (Lipinski definition) is 1. The maximum Gasteiger partial charge on any atom is 0.197 e. The molecule has 0 unspecified atom stereocenters. The summed E-state index contributed by atoms with van der Waals surface area (Å²) >= 11 is 2.28. The zero-order chi connectivity index (χ0) is 13.8. The van der Waals surface area contributed by atoms with Gasteiger partial charge in [-0.1, -0.05) is 13.8 Å². The summed E-state index contributed by atoms with van der Waals surface area (Å²) in [5, 5.41) is 3.33. The molecule has 0 atom stereocenters. The quantitative estimate of drug-likeness (QED) is 0.807. The lowest BCUT2D eigenvalue weighted by Gasteiger charge is -2.09. The monoisotopic (exact) mass is 371 g/mol. The molecule has 0 spiro atoms. The second-order valence-corrected chi connectivity index (χ2v) is 5.42. The molecule has 4 nitrogen and oxygen atoms in total. The molecular formula is C14H18IN3O. The van der Waals surface area contributed by atoms with E-state index >= 15 is 0 Å². The molecule has 102 valence electrons. The number of aromatic nitrogens is 2. The minimum absolute atomic E-state index is 0.649. The second-order valence-electron chi connectivity index (χ2n) is 4.34. The third kappa shape index (κ3) is 3.26. The van der Waals surface area contributed by atoms with Crippen LogP contribution >= 0.6 is 22.6 Å². The van der Waals surface area contributed by atoms with Crippen molar-refractivity contribution in [1.82, 2.24) is 9.97 Å². The summed E-state index contributed by atoms with van der Waals surface area (Å²) in [6.45, 7) is 7.10. The van der Waals surface area contributed by atoms with E-state index in [2.05, 4.69) is 51.7 Å². The summed E-state index contributed by atoms with van der Waals surface area (Å²) in [6.07, 6.45) is 1.94. The van der Waals surface area contributed by atoms with Crippen LogP contribution in [0.3, 0.4) is 0 Å². The summed E-state index contributed by atoms with van der Waals surface area (Å²) in [6, 6.07) is 3.91. The first kappa shape index (κ1) is 14.3. The molecular weight excluding hydrogens is 353 g/mol. The Morgan fingerprint density at radius 3 is 2.68 bits per heavy atom. The van der Waals surface area contributed by atoms with E-state index in [4.69, 9.17) is 4.42 Å². The first-order chi connectivity index (χ1) is 9.15. The van der Waals surface area contributed by atoms with Gasteiger partial charge in [0.1, 0.15) is 11.6 Å². The standard InChI is InChI=1S/C14H18IN3O/c1-4-8-16-14-12(15)9(3)17-13(18-14)11-7-6-10(5-2)19-11/h6-7H,4-5,8H2,1-3H3,(H,16,17,18). The third-order valence-corrected chi connectivity index (χ3v) is 4.08. The van der Waals surface area contributed by atoms with Crippen LogP contribution in [-0.2, 0) is 6.42 Å². The van der Waals surface area contributed by atoms with Gasteiger partial charge in [0, 0.05) is 13.0 Å². The molecule has 1 N–H and O–H groups in total. The third-order valence-electron chi connectivity index (χ3n) is 2.79. The molecule has 0 fully saturated rings. The minimum Gasteiger partial charge on any atom is -0.458 e. The van der Waals surface area contributed by atoms with Crippen LogP contribution in [0.5, 0.6) is 0 Å². The SMILES string of the molecule is CCCNc1nc(-c2ccc(CC)o2)nc(C)c1I. The van der Waals surface area contributed by atoms with E-state index in [1.54, 1.807) is 0 Å². The maximum absolute atomic E-state index is 5.72. The molecule has 0 aliphatic rings. The molecule has 0 saturated carbocycles. The van der Waals surface area contributed by atoms with Gasteiger partial charge in [0.15, 0.2) is 11.6 Å². The molecule has 0 radical (unpaired) electrons. The van der Waals surface area contributed by atoms with Crippen molar-refractivity contribution >= 4 is 28.4 Å². The number of aryl methyl sites for hydroxylation is 2. The number of nitrogens with one attached hydrogen (secondary N) is 1. The number of halogens is 1.